The Morgan fingerprint density at radius 2 is 1.73 bits per heavy atom. The van der Waals surface area contributed by atoms with Crippen LogP contribution in [-0.4, -0.2) is 69.4 Å². The number of alkyl halides is 3. The Balaban J connectivity index is 0.000000274. The van der Waals surface area contributed by atoms with E-state index in [9.17, 15) is 37.1 Å². The monoisotopic (exact) mass is 639 g/mol. The van der Waals surface area contributed by atoms with Gasteiger partial charge >= 0.3 is 6.18 Å². The first kappa shape index (κ1) is 36.0. The number of β-amino-alcohol motifs (C(OH)–C–C–N with tert-alkyl or cyclic N) is 1. The lowest BCUT2D eigenvalue weighted by Gasteiger charge is -2.29. The van der Waals surface area contributed by atoms with E-state index in [4.69, 9.17) is 0 Å². The van der Waals surface area contributed by atoms with Crippen molar-refractivity contribution < 1.29 is 37.1 Å². The molecule has 9 nitrogen and oxygen atoms in total. The summed E-state index contributed by atoms with van der Waals surface area (Å²) in [4.78, 5) is 35.1. The van der Waals surface area contributed by atoms with Crippen molar-refractivity contribution in [2.45, 2.75) is 103 Å². The van der Waals surface area contributed by atoms with Crippen LogP contribution in [0.5, 0.6) is 0 Å². The fraction of sp³-hybridized carbons (Fsp3) is 0.625. The highest BCUT2D eigenvalue weighted by atomic mass is 19.4. The zero-order valence-electron chi connectivity index (χ0n) is 26.5. The number of carbonyl (C=O) groups is 3. The number of hydrogen-bond donors (Lipinski definition) is 3. The van der Waals surface area contributed by atoms with E-state index in [-0.39, 0.29) is 17.8 Å². The summed E-state index contributed by atoms with van der Waals surface area (Å²) in [6, 6.07) is 2.64. The topological polar surface area (TPSA) is 117 Å². The van der Waals surface area contributed by atoms with Crippen LogP contribution in [0.3, 0.4) is 0 Å². The molecule has 13 heteroatoms. The third kappa shape index (κ3) is 10.8. The van der Waals surface area contributed by atoms with Gasteiger partial charge in [0.15, 0.2) is 0 Å². The highest BCUT2D eigenvalue weighted by molar-refractivity contribution is 5.93. The van der Waals surface area contributed by atoms with Crippen LogP contribution in [-0.2, 0) is 14.4 Å². The number of benzene rings is 1. The molecule has 3 fully saturated rings. The predicted octanol–water partition coefficient (Wildman–Crippen LogP) is 5.42. The van der Waals surface area contributed by atoms with Gasteiger partial charge in [0.25, 0.3) is 0 Å². The third-order valence-electron chi connectivity index (χ3n) is 8.17. The summed E-state index contributed by atoms with van der Waals surface area (Å²) >= 11 is 0. The number of aliphatic hydroxyl groups is 1. The molecule has 3 atom stereocenters. The van der Waals surface area contributed by atoms with Crippen molar-refractivity contribution in [3.63, 3.8) is 0 Å². The molecule has 250 valence electrons. The second-order valence-corrected chi connectivity index (χ2v) is 12.5. The SMILES string of the molecule is C1CC1CC1CC1.Cc1cc(NC(=O)CNC=O)c(F)cc1C(C)C(=O)N1CC(O)CC1C(F)(F)F.Cc1ccnn1C(C)C. The van der Waals surface area contributed by atoms with Crippen LogP contribution in [0.4, 0.5) is 23.2 Å². The Labute approximate surface area is 261 Å². The number of amides is 3. The molecule has 1 aliphatic heterocycles. The molecular weight excluding hydrogens is 594 g/mol. The number of halogens is 4. The summed E-state index contributed by atoms with van der Waals surface area (Å²) in [7, 11) is 0. The summed E-state index contributed by atoms with van der Waals surface area (Å²) in [5.41, 5.74) is 1.59. The molecule has 3 aliphatic rings. The van der Waals surface area contributed by atoms with Gasteiger partial charge in [-0.05, 0) is 82.2 Å². The van der Waals surface area contributed by atoms with Gasteiger partial charge < -0.3 is 20.6 Å². The minimum absolute atomic E-state index is 0.166. The maximum Gasteiger partial charge on any atom is 0.408 e. The van der Waals surface area contributed by atoms with E-state index in [0.29, 0.717) is 22.9 Å². The molecule has 1 saturated heterocycles. The lowest BCUT2D eigenvalue weighted by Crippen LogP contribution is -2.46. The summed E-state index contributed by atoms with van der Waals surface area (Å²) < 4.78 is 55.9. The number of hydrogen-bond acceptors (Lipinski definition) is 5. The summed E-state index contributed by atoms with van der Waals surface area (Å²) in [5.74, 6) is -1.15. The number of carbonyl (C=O) groups excluding carboxylic acids is 3. The molecule has 2 saturated carbocycles. The molecule has 1 aromatic heterocycles. The first-order valence-corrected chi connectivity index (χ1v) is 15.4. The number of nitrogens with zero attached hydrogens (tertiary/aromatic N) is 3. The van der Waals surface area contributed by atoms with E-state index in [1.54, 1.807) is 32.1 Å². The second kappa shape index (κ2) is 15.7. The van der Waals surface area contributed by atoms with E-state index in [0.717, 1.165) is 6.07 Å². The normalized spacial score (nSPS) is 20.0. The Morgan fingerprint density at radius 3 is 2.20 bits per heavy atom. The molecule has 0 bridgehead atoms. The van der Waals surface area contributed by atoms with E-state index in [1.807, 2.05) is 16.9 Å². The van der Waals surface area contributed by atoms with Crippen LogP contribution in [0.2, 0.25) is 0 Å². The van der Waals surface area contributed by atoms with Crippen LogP contribution in [0.1, 0.15) is 88.1 Å². The highest BCUT2D eigenvalue weighted by Gasteiger charge is 2.51. The van der Waals surface area contributed by atoms with E-state index in [2.05, 4.69) is 36.5 Å². The third-order valence-corrected chi connectivity index (χ3v) is 8.17. The molecule has 2 aliphatic carbocycles. The standard InChI is InChI=1S/C18H21F4N3O4.C7H12N2.C7H12/c1-9-3-14(24-16(28)6-23-8-26)13(19)5-12(9)10(2)17(29)25-7-11(27)4-15(25)18(20,21)22;1-6(2)9-7(3)4-5-8-9;1-2-6(1)5-7-3-4-7/h3,5,8,10-11,15,27H,4,6-7H2,1-2H3,(H,23,26)(H,24,28);4-6H,1-3H3;6-7H,1-5H2. The molecule has 1 aromatic carbocycles. The fourth-order valence-electron chi connectivity index (χ4n) is 5.44. The molecular formula is C32H45F4N5O4. The zero-order valence-corrected chi connectivity index (χ0v) is 26.5. The number of aliphatic hydroxyl groups excluding tert-OH is 1. The van der Waals surface area contributed by atoms with E-state index < -0.39 is 54.8 Å². The summed E-state index contributed by atoms with van der Waals surface area (Å²) in [5, 5.41) is 18.1. The Hall–Kier alpha value is -3.48. The second-order valence-electron chi connectivity index (χ2n) is 12.5. The number of aryl methyl sites for hydroxylation is 2. The number of likely N-dealkylation sites (tertiary alicyclic amines) is 1. The maximum atomic E-state index is 14.4. The molecule has 5 rings (SSSR count). The van der Waals surface area contributed by atoms with Gasteiger partial charge in [-0.15, -0.1) is 0 Å². The highest BCUT2D eigenvalue weighted by Crippen LogP contribution is 2.44. The molecule has 0 spiro atoms. The van der Waals surface area contributed by atoms with Crippen LogP contribution in [0.25, 0.3) is 0 Å². The summed E-state index contributed by atoms with van der Waals surface area (Å²) in [6.07, 6.45) is 3.36. The Bertz CT molecular complexity index is 1300. The first-order chi connectivity index (χ1) is 21.1. The molecule has 45 heavy (non-hydrogen) atoms. The van der Waals surface area contributed by atoms with Crippen molar-refractivity contribution in [2.24, 2.45) is 11.8 Å². The van der Waals surface area contributed by atoms with E-state index in [1.165, 1.54) is 37.4 Å². The number of rotatable bonds is 9. The van der Waals surface area contributed by atoms with Gasteiger partial charge in [-0.1, -0.05) is 25.7 Å². The number of aromatic nitrogens is 2. The summed E-state index contributed by atoms with van der Waals surface area (Å²) in [6.45, 7) is 8.38. The van der Waals surface area contributed by atoms with Crippen molar-refractivity contribution in [2.75, 3.05) is 18.4 Å². The maximum absolute atomic E-state index is 14.4. The van der Waals surface area contributed by atoms with Crippen LogP contribution < -0.4 is 10.6 Å². The zero-order chi connectivity index (χ0) is 33.5. The van der Waals surface area contributed by atoms with Crippen molar-refractivity contribution in [3.05, 3.63) is 47.0 Å². The molecule has 0 radical (unpaired) electrons. The van der Waals surface area contributed by atoms with Gasteiger partial charge in [0.1, 0.15) is 11.9 Å². The van der Waals surface area contributed by atoms with Crippen LogP contribution in [0.15, 0.2) is 24.4 Å². The Morgan fingerprint density at radius 1 is 1.11 bits per heavy atom. The lowest BCUT2D eigenvalue weighted by molar-refractivity contribution is -0.183. The molecule has 2 heterocycles. The van der Waals surface area contributed by atoms with Crippen molar-refractivity contribution in [3.8, 4) is 0 Å². The average molecular weight is 640 g/mol. The van der Waals surface area contributed by atoms with Gasteiger partial charge in [0, 0.05) is 30.9 Å². The van der Waals surface area contributed by atoms with Gasteiger partial charge in [-0.3, -0.25) is 19.1 Å². The van der Waals surface area contributed by atoms with Crippen molar-refractivity contribution in [1.29, 1.82) is 0 Å². The first-order valence-electron chi connectivity index (χ1n) is 15.4. The number of nitrogens with one attached hydrogen (secondary N) is 2. The van der Waals surface area contributed by atoms with Crippen LogP contribution in [0, 0.1) is 31.5 Å². The predicted molar refractivity (Wildman–Crippen MR) is 162 cm³/mol. The Kier molecular flexibility index (Phi) is 12.5. The largest absolute Gasteiger partial charge is 0.408 e. The fourth-order valence-corrected chi connectivity index (χ4v) is 5.44. The number of anilines is 1. The lowest BCUT2D eigenvalue weighted by atomic mass is 9.94. The minimum atomic E-state index is -4.68. The smallest absolute Gasteiger partial charge is 0.391 e. The van der Waals surface area contributed by atoms with E-state index >= 15 is 0 Å². The minimum Gasteiger partial charge on any atom is -0.391 e. The molecule has 3 N–H and O–H groups in total. The molecule has 3 amide bonds. The van der Waals surface area contributed by atoms with Gasteiger partial charge in [0.05, 0.1) is 24.3 Å². The van der Waals surface area contributed by atoms with Gasteiger partial charge in [-0.25, -0.2) is 4.39 Å². The van der Waals surface area contributed by atoms with Gasteiger partial charge in [0.2, 0.25) is 18.2 Å². The van der Waals surface area contributed by atoms with Crippen molar-refractivity contribution in [1.82, 2.24) is 20.0 Å². The molecule has 2 aromatic rings. The van der Waals surface area contributed by atoms with Crippen molar-refractivity contribution >= 4 is 23.9 Å². The van der Waals surface area contributed by atoms with Gasteiger partial charge in [-0.2, -0.15) is 18.3 Å². The average Bonchev–Trinajstić information content (AvgIpc) is 3.89. The molecule has 3 unspecified atom stereocenters. The van der Waals surface area contributed by atoms with Crippen LogP contribution >= 0.6 is 0 Å². The quantitative estimate of drug-likeness (QED) is 0.251.